The minimum Gasteiger partial charge on any atom is -0.321 e. The van der Waals surface area contributed by atoms with E-state index in [1.54, 1.807) is 11.3 Å². The van der Waals surface area contributed by atoms with Crippen LogP contribution in [0.2, 0.25) is 0 Å². The fraction of sp³-hybridized carbons (Fsp3) is 0.0588. The minimum atomic E-state index is -0.370. The fourth-order valence-electron chi connectivity index (χ4n) is 2.41. The molecule has 7 nitrogen and oxygen atoms in total. The number of imidazole rings is 1. The molecule has 0 saturated carbocycles. The van der Waals surface area contributed by atoms with Crippen LogP contribution in [0, 0.1) is 0 Å². The maximum Gasteiger partial charge on any atom is 0.276 e. The molecule has 8 heteroatoms. The first-order valence-corrected chi connectivity index (χ1v) is 8.36. The number of amides is 1. The molecule has 0 radical (unpaired) electrons. The zero-order chi connectivity index (χ0) is 17.4. The maximum absolute atomic E-state index is 12.2. The smallest absolute Gasteiger partial charge is 0.276 e. The summed E-state index contributed by atoms with van der Waals surface area (Å²) in [6.07, 6.45) is 3.93. The highest BCUT2D eigenvalue weighted by molar-refractivity contribution is 7.15. The number of rotatable bonds is 3. The van der Waals surface area contributed by atoms with Crippen molar-refractivity contribution in [1.29, 1.82) is 0 Å². The number of aryl methyl sites for hydroxylation is 1. The van der Waals surface area contributed by atoms with E-state index in [0.717, 1.165) is 20.9 Å². The molecule has 4 aromatic rings. The van der Waals surface area contributed by atoms with E-state index >= 15 is 0 Å². The van der Waals surface area contributed by atoms with E-state index in [1.165, 1.54) is 19.2 Å². The van der Waals surface area contributed by atoms with Gasteiger partial charge in [-0.15, -0.1) is 11.3 Å². The van der Waals surface area contributed by atoms with Gasteiger partial charge in [-0.2, -0.15) is 5.10 Å². The quantitative estimate of drug-likeness (QED) is 0.614. The molecular weight excluding hydrogens is 338 g/mol. The van der Waals surface area contributed by atoms with Crippen molar-refractivity contribution in [2.24, 2.45) is 7.05 Å². The number of anilines is 1. The highest BCUT2D eigenvalue weighted by atomic mass is 32.1. The van der Waals surface area contributed by atoms with Crippen LogP contribution in [0.4, 0.5) is 5.69 Å². The Kier molecular flexibility index (Phi) is 3.66. The van der Waals surface area contributed by atoms with Crippen molar-refractivity contribution in [3.05, 3.63) is 70.2 Å². The van der Waals surface area contributed by atoms with Crippen LogP contribution in [0.5, 0.6) is 0 Å². The lowest BCUT2D eigenvalue weighted by Crippen LogP contribution is -2.23. The van der Waals surface area contributed by atoms with Gasteiger partial charge >= 0.3 is 0 Å². The predicted molar refractivity (Wildman–Crippen MR) is 95.9 cm³/mol. The lowest BCUT2D eigenvalue weighted by Gasteiger charge is -2.06. The molecule has 0 atom stereocenters. The Labute approximate surface area is 146 Å². The van der Waals surface area contributed by atoms with Crippen LogP contribution in [0.25, 0.3) is 16.2 Å². The number of hydrogen-bond donors (Lipinski definition) is 1. The maximum atomic E-state index is 12.2. The molecule has 1 aromatic carbocycles. The number of fused-ring (bicyclic) bond motifs is 1. The molecule has 124 valence electrons. The van der Waals surface area contributed by atoms with Gasteiger partial charge in [-0.1, -0.05) is 12.1 Å². The van der Waals surface area contributed by atoms with E-state index in [0.29, 0.717) is 5.69 Å². The van der Waals surface area contributed by atoms with Crippen LogP contribution < -0.4 is 10.9 Å². The third kappa shape index (κ3) is 2.94. The molecule has 0 unspecified atom stereocenters. The summed E-state index contributed by atoms with van der Waals surface area (Å²) in [4.78, 5) is 29.0. The molecule has 0 spiro atoms. The normalized spacial score (nSPS) is 10.9. The second-order valence-corrected chi connectivity index (χ2v) is 6.30. The van der Waals surface area contributed by atoms with Gasteiger partial charge in [0.25, 0.3) is 11.5 Å². The highest BCUT2D eigenvalue weighted by Gasteiger charge is 2.10. The van der Waals surface area contributed by atoms with Gasteiger partial charge < -0.3 is 5.32 Å². The van der Waals surface area contributed by atoms with Gasteiger partial charge in [-0.25, -0.2) is 9.67 Å². The lowest BCUT2D eigenvalue weighted by atomic mass is 10.1. The van der Waals surface area contributed by atoms with Crippen LogP contribution in [0.1, 0.15) is 10.5 Å². The first-order chi connectivity index (χ1) is 12.1. The molecule has 0 aliphatic carbocycles. The molecule has 4 rings (SSSR count). The molecule has 0 aliphatic rings. The first kappa shape index (κ1) is 15.3. The van der Waals surface area contributed by atoms with Crippen LogP contribution in [-0.4, -0.2) is 25.1 Å². The second-order valence-electron chi connectivity index (χ2n) is 5.43. The molecule has 1 N–H and O–H groups in total. The van der Waals surface area contributed by atoms with Crippen molar-refractivity contribution in [2.75, 3.05) is 5.32 Å². The number of carbonyl (C=O) groups excluding carboxylic acids is 1. The average molecular weight is 351 g/mol. The van der Waals surface area contributed by atoms with Gasteiger partial charge in [-0.3, -0.25) is 14.0 Å². The Morgan fingerprint density at radius 1 is 1.16 bits per heavy atom. The second kappa shape index (κ2) is 5.99. The molecule has 0 bridgehead atoms. The number of hydrogen-bond acceptors (Lipinski definition) is 5. The topological polar surface area (TPSA) is 81.3 Å². The summed E-state index contributed by atoms with van der Waals surface area (Å²) in [5.74, 6) is -0.370. The van der Waals surface area contributed by atoms with E-state index in [2.05, 4.69) is 15.4 Å². The Morgan fingerprint density at radius 2 is 1.96 bits per heavy atom. The van der Waals surface area contributed by atoms with Gasteiger partial charge in [0.1, 0.15) is 5.69 Å². The highest BCUT2D eigenvalue weighted by Crippen LogP contribution is 2.23. The third-order valence-electron chi connectivity index (χ3n) is 3.72. The number of carbonyl (C=O) groups is 1. The Bertz CT molecular complexity index is 1100. The summed E-state index contributed by atoms with van der Waals surface area (Å²) in [7, 11) is 1.50. The number of thiazole rings is 1. The Balaban J connectivity index is 1.53. The molecule has 0 fully saturated rings. The van der Waals surface area contributed by atoms with Crippen molar-refractivity contribution >= 4 is 27.9 Å². The zero-order valence-electron chi connectivity index (χ0n) is 13.2. The zero-order valence-corrected chi connectivity index (χ0v) is 14.0. The Hall–Kier alpha value is -3.26. The van der Waals surface area contributed by atoms with Gasteiger partial charge in [0.05, 0.1) is 5.69 Å². The van der Waals surface area contributed by atoms with Gasteiger partial charge in [0, 0.05) is 42.1 Å². The van der Waals surface area contributed by atoms with Gasteiger partial charge in [0.2, 0.25) is 0 Å². The summed E-state index contributed by atoms with van der Waals surface area (Å²) >= 11 is 1.58. The van der Waals surface area contributed by atoms with Crippen LogP contribution in [0.3, 0.4) is 0 Å². The molecular formula is C17H13N5O2S. The summed E-state index contributed by atoms with van der Waals surface area (Å²) in [6, 6.07) is 10.1. The van der Waals surface area contributed by atoms with Crippen LogP contribution in [-0.2, 0) is 7.05 Å². The van der Waals surface area contributed by atoms with Crippen molar-refractivity contribution in [1.82, 2.24) is 19.2 Å². The molecule has 1 amide bonds. The lowest BCUT2D eigenvalue weighted by molar-refractivity contribution is 0.102. The predicted octanol–water partition coefficient (Wildman–Crippen LogP) is 2.41. The van der Waals surface area contributed by atoms with E-state index in [1.807, 2.05) is 46.4 Å². The minimum absolute atomic E-state index is 0.181. The van der Waals surface area contributed by atoms with Crippen molar-refractivity contribution in [2.45, 2.75) is 0 Å². The number of nitrogens with zero attached hydrogens (tertiary/aromatic N) is 4. The van der Waals surface area contributed by atoms with Crippen molar-refractivity contribution in [3.63, 3.8) is 0 Å². The molecule has 3 heterocycles. The van der Waals surface area contributed by atoms with E-state index in [9.17, 15) is 9.59 Å². The summed E-state index contributed by atoms with van der Waals surface area (Å²) in [5.41, 5.74) is 2.41. The SMILES string of the molecule is Cn1nc(C(=O)Nc2ccc(-c3cn4ccsc4n3)cc2)ccc1=O. The fourth-order valence-corrected chi connectivity index (χ4v) is 3.11. The van der Waals surface area contributed by atoms with Crippen molar-refractivity contribution in [3.8, 4) is 11.3 Å². The monoisotopic (exact) mass is 351 g/mol. The van der Waals surface area contributed by atoms with E-state index in [4.69, 9.17) is 0 Å². The molecule has 3 aromatic heterocycles. The Morgan fingerprint density at radius 3 is 2.68 bits per heavy atom. The first-order valence-electron chi connectivity index (χ1n) is 7.48. The largest absolute Gasteiger partial charge is 0.321 e. The average Bonchev–Trinajstić information content (AvgIpc) is 3.20. The summed E-state index contributed by atoms with van der Waals surface area (Å²) < 4.78 is 3.10. The molecule has 0 saturated heterocycles. The van der Waals surface area contributed by atoms with Gasteiger partial charge in [-0.05, 0) is 18.2 Å². The summed E-state index contributed by atoms with van der Waals surface area (Å²) in [5, 5.41) is 8.68. The van der Waals surface area contributed by atoms with Crippen LogP contribution in [0.15, 0.2) is 59.0 Å². The standard InChI is InChI=1S/C17H13N5O2S/c1-21-15(23)7-6-13(20-21)16(24)18-12-4-2-11(3-5-12)14-10-22-8-9-25-17(22)19-14/h2-10H,1H3,(H,18,24). The number of aromatic nitrogens is 4. The number of benzene rings is 1. The third-order valence-corrected chi connectivity index (χ3v) is 4.50. The van der Waals surface area contributed by atoms with E-state index in [-0.39, 0.29) is 17.2 Å². The van der Waals surface area contributed by atoms with Gasteiger partial charge in [0.15, 0.2) is 4.96 Å². The molecule has 0 aliphatic heterocycles. The van der Waals surface area contributed by atoms with Crippen molar-refractivity contribution < 1.29 is 4.79 Å². The summed E-state index contributed by atoms with van der Waals surface area (Å²) in [6.45, 7) is 0. The van der Waals surface area contributed by atoms with E-state index < -0.39 is 0 Å². The van der Waals surface area contributed by atoms with Crippen LogP contribution >= 0.6 is 11.3 Å². The molecule has 25 heavy (non-hydrogen) atoms. The number of nitrogens with one attached hydrogen (secondary N) is 1.